The van der Waals surface area contributed by atoms with Crippen LogP contribution in [0.2, 0.25) is 0 Å². The minimum absolute atomic E-state index is 0.122. The summed E-state index contributed by atoms with van der Waals surface area (Å²) in [5.41, 5.74) is 5.88. The number of nitrogens with two attached hydrogens (primary N) is 1. The highest BCUT2D eigenvalue weighted by atomic mass is 16.6. The Morgan fingerprint density at radius 1 is 1.19 bits per heavy atom. The molecule has 3 N–H and O–H groups in total. The first-order chi connectivity index (χ1) is 17.3. The molecule has 9 nitrogen and oxygen atoms in total. The second-order valence-corrected chi connectivity index (χ2v) is 10.3. The molecule has 1 saturated heterocycles. The Kier molecular flexibility index (Phi) is 10.7. The van der Waals surface area contributed by atoms with E-state index >= 15 is 0 Å². The van der Waals surface area contributed by atoms with E-state index in [1.165, 1.54) is 19.3 Å². The normalized spacial score (nSPS) is 21.8. The van der Waals surface area contributed by atoms with Crippen molar-refractivity contribution in [2.24, 2.45) is 21.6 Å². The summed E-state index contributed by atoms with van der Waals surface area (Å²) in [5, 5.41) is 0. The van der Waals surface area contributed by atoms with Gasteiger partial charge in [-0.05, 0) is 64.0 Å². The van der Waals surface area contributed by atoms with Crippen molar-refractivity contribution in [1.29, 1.82) is 0 Å². The SMILES string of the molecule is CCCCOC(C)(C)C(=O)N=C(N=CN)c1ccc(C2CCC(COC(=O)CC3CCCCC3)O2)[nH]1. The van der Waals surface area contributed by atoms with Gasteiger partial charge in [-0.15, -0.1) is 0 Å². The summed E-state index contributed by atoms with van der Waals surface area (Å²) in [5.74, 6) is 0.103. The standard InChI is InChI=1S/C27H42N4O5/c1-4-5-15-35-27(2,3)26(33)31-25(29-18-28)22-13-12-21(30-22)23-14-11-20(36-23)17-34-24(32)16-19-9-7-6-8-10-19/h12-13,18-20,23,30H,4-11,14-17H2,1-3H3,(H2,28,29,31,33). The van der Waals surface area contributed by atoms with E-state index in [0.717, 1.165) is 50.6 Å². The molecule has 2 unspecified atom stereocenters. The topological polar surface area (TPSA) is 128 Å². The molecule has 36 heavy (non-hydrogen) atoms. The molecular weight excluding hydrogens is 460 g/mol. The Bertz CT molecular complexity index is 917. The van der Waals surface area contributed by atoms with Crippen LogP contribution in [-0.2, 0) is 23.8 Å². The van der Waals surface area contributed by atoms with Gasteiger partial charge in [-0.1, -0.05) is 32.6 Å². The van der Waals surface area contributed by atoms with Gasteiger partial charge in [-0.2, -0.15) is 4.99 Å². The summed E-state index contributed by atoms with van der Waals surface area (Å²) in [4.78, 5) is 36.5. The van der Waals surface area contributed by atoms with E-state index in [4.69, 9.17) is 19.9 Å². The van der Waals surface area contributed by atoms with E-state index in [1.54, 1.807) is 19.9 Å². The van der Waals surface area contributed by atoms with E-state index in [9.17, 15) is 9.59 Å². The summed E-state index contributed by atoms with van der Waals surface area (Å²) in [6.07, 6.45) is 10.7. The van der Waals surface area contributed by atoms with E-state index in [-0.39, 0.29) is 30.6 Å². The Balaban J connectivity index is 1.54. The average molecular weight is 503 g/mol. The molecule has 0 spiro atoms. The molecule has 1 amide bonds. The number of rotatable bonds is 11. The average Bonchev–Trinajstić information content (AvgIpc) is 3.53. The molecule has 2 heterocycles. The predicted octanol–water partition coefficient (Wildman–Crippen LogP) is 4.60. The lowest BCUT2D eigenvalue weighted by molar-refractivity contribution is -0.149. The van der Waals surface area contributed by atoms with Gasteiger partial charge in [-0.3, -0.25) is 9.59 Å². The fourth-order valence-electron chi connectivity index (χ4n) is 4.65. The minimum Gasteiger partial charge on any atom is -0.463 e. The number of H-pyrrole nitrogens is 1. The van der Waals surface area contributed by atoms with Crippen LogP contribution in [0.1, 0.15) is 102 Å². The van der Waals surface area contributed by atoms with Gasteiger partial charge in [0.05, 0.1) is 24.2 Å². The maximum absolute atomic E-state index is 12.8. The van der Waals surface area contributed by atoms with Crippen LogP contribution in [0, 0.1) is 5.92 Å². The van der Waals surface area contributed by atoms with Crippen LogP contribution in [0.15, 0.2) is 22.1 Å². The zero-order valence-electron chi connectivity index (χ0n) is 22.0. The van der Waals surface area contributed by atoms with Crippen LogP contribution >= 0.6 is 0 Å². The van der Waals surface area contributed by atoms with Crippen LogP contribution in [0.4, 0.5) is 0 Å². The zero-order chi connectivity index (χ0) is 26.0. The van der Waals surface area contributed by atoms with Crippen LogP contribution in [0.25, 0.3) is 0 Å². The number of carbonyl (C=O) groups excluding carboxylic acids is 2. The molecule has 2 aliphatic rings. The maximum Gasteiger partial charge on any atom is 0.306 e. The molecule has 0 radical (unpaired) electrons. The van der Waals surface area contributed by atoms with Gasteiger partial charge in [0.15, 0.2) is 5.84 Å². The molecule has 1 aliphatic heterocycles. The highest BCUT2D eigenvalue weighted by Crippen LogP contribution is 2.33. The molecule has 1 aliphatic carbocycles. The number of aliphatic imine (C=N–C) groups is 2. The first kappa shape index (κ1) is 28.1. The van der Waals surface area contributed by atoms with E-state index in [0.29, 0.717) is 24.6 Å². The van der Waals surface area contributed by atoms with E-state index < -0.39 is 11.5 Å². The fourth-order valence-corrected chi connectivity index (χ4v) is 4.65. The third-order valence-corrected chi connectivity index (χ3v) is 6.89. The van der Waals surface area contributed by atoms with Gasteiger partial charge in [0, 0.05) is 18.7 Å². The van der Waals surface area contributed by atoms with Gasteiger partial charge in [-0.25, -0.2) is 4.99 Å². The summed E-state index contributed by atoms with van der Waals surface area (Å²) < 4.78 is 17.4. The number of aromatic nitrogens is 1. The molecule has 0 bridgehead atoms. The number of esters is 1. The molecule has 0 aromatic carbocycles. The lowest BCUT2D eigenvalue weighted by Gasteiger charge is -2.21. The van der Waals surface area contributed by atoms with Crippen LogP contribution in [0.5, 0.6) is 0 Å². The molecular formula is C27H42N4O5. The second-order valence-electron chi connectivity index (χ2n) is 10.3. The molecule has 3 rings (SSSR count). The van der Waals surface area contributed by atoms with Crippen molar-refractivity contribution in [3.63, 3.8) is 0 Å². The molecule has 200 valence electrons. The quantitative estimate of drug-likeness (QED) is 0.197. The van der Waals surface area contributed by atoms with Gasteiger partial charge >= 0.3 is 5.97 Å². The molecule has 2 atom stereocenters. The Morgan fingerprint density at radius 2 is 1.97 bits per heavy atom. The van der Waals surface area contributed by atoms with Crippen LogP contribution in [-0.4, -0.2) is 54.0 Å². The summed E-state index contributed by atoms with van der Waals surface area (Å²) >= 11 is 0. The Morgan fingerprint density at radius 3 is 2.69 bits per heavy atom. The van der Waals surface area contributed by atoms with Crippen molar-refractivity contribution in [2.75, 3.05) is 13.2 Å². The van der Waals surface area contributed by atoms with Crippen molar-refractivity contribution in [2.45, 2.75) is 103 Å². The summed E-state index contributed by atoms with van der Waals surface area (Å²) in [7, 11) is 0. The monoisotopic (exact) mass is 502 g/mol. The molecule has 1 saturated carbocycles. The lowest BCUT2D eigenvalue weighted by Crippen LogP contribution is -2.34. The van der Waals surface area contributed by atoms with Gasteiger partial charge in [0.1, 0.15) is 12.2 Å². The number of hydrogen-bond acceptors (Lipinski definition) is 5. The first-order valence-electron chi connectivity index (χ1n) is 13.3. The summed E-state index contributed by atoms with van der Waals surface area (Å²) in [6.45, 7) is 6.23. The number of nitrogens with one attached hydrogen (secondary N) is 1. The lowest BCUT2D eigenvalue weighted by atomic mass is 9.87. The Labute approximate surface area is 214 Å². The first-order valence-corrected chi connectivity index (χ1v) is 13.3. The van der Waals surface area contributed by atoms with Crippen molar-refractivity contribution in [1.82, 2.24) is 4.98 Å². The third kappa shape index (κ3) is 8.27. The molecule has 1 aromatic heterocycles. The predicted molar refractivity (Wildman–Crippen MR) is 139 cm³/mol. The number of hydrogen-bond donors (Lipinski definition) is 2. The maximum atomic E-state index is 12.8. The molecule has 2 fully saturated rings. The second kappa shape index (κ2) is 13.7. The fraction of sp³-hybridized carbons (Fsp3) is 0.704. The van der Waals surface area contributed by atoms with Crippen molar-refractivity contribution in [3.05, 3.63) is 23.5 Å². The van der Waals surface area contributed by atoms with Gasteiger partial charge < -0.3 is 24.9 Å². The van der Waals surface area contributed by atoms with Gasteiger partial charge in [0.2, 0.25) is 0 Å². The highest BCUT2D eigenvalue weighted by Gasteiger charge is 2.31. The highest BCUT2D eigenvalue weighted by molar-refractivity contribution is 6.08. The summed E-state index contributed by atoms with van der Waals surface area (Å²) in [6, 6.07) is 3.70. The third-order valence-electron chi connectivity index (χ3n) is 6.89. The van der Waals surface area contributed by atoms with Crippen molar-refractivity contribution < 1.29 is 23.8 Å². The zero-order valence-corrected chi connectivity index (χ0v) is 22.0. The van der Waals surface area contributed by atoms with Crippen LogP contribution in [0.3, 0.4) is 0 Å². The number of amidine groups is 1. The van der Waals surface area contributed by atoms with Crippen molar-refractivity contribution >= 4 is 24.1 Å². The number of aromatic amines is 1. The number of carbonyl (C=O) groups is 2. The largest absolute Gasteiger partial charge is 0.463 e. The van der Waals surface area contributed by atoms with Crippen LogP contribution < -0.4 is 5.73 Å². The van der Waals surface area contributed by atoms with Gasteiger partial charge in [0.25, 0.3) is 5.91 Å². The Hall–Kier alpha value is -2.52. The number of unbranched alkanes of at least 4 members (excludes halogenated alkanes) is 1. The molecule has 1 aromatic rings. The smallest absolute Gasteiger partial charge is 0.306 e. The number of nitrogens with zero attached hydrogens (tertiary/aromatic N) is 2. The minimum atomic E-state index is -1.06. The van der Waals surface area contributed by atoms with E-state index in [1.807, 2.05) is 6.07 Å². The van der Waals surface area contributed by atoms with Crippen molar-refractivity contribution in [3.8, 4) is 0 Å². The number of ether oxygens (including phenoxy) is 3. The number of amides is 1. The molecule has 9 heteroatoms. The van der Waals surface area contributed by atoms with E-state index in [2.05, 4.69) is 21.9 Å².